The zero-order chi connectivity index (χ0) is 11.4. The summed E-state index contributed by atoms with van der Waals surface area (Å²) in [4.78, 5) is 0. The molecular formula is C10H15NO4. The molecule has 1 rings (SSSR count). The van der Waals surface area contributed by atoms with E-state index in [1.807, 2.05) is 0 Å². The van der Waals surface area contributed by atoms with E-state index >= 15 is 0 Å². The highest BCUT2D eigenvalue weighted by molar-refractivity contribution is 5.53. The molecule has 0 saturated carbocycles. The molecule has 0 aliphatic heterocycles. The molecule has 0 spiro atoms. The van der Waals surface area contributed by atoms with Crippen LogP contribution in [0.3, 0.4) is 0 Å². The number of aliphatic hydroxyl groups excluding tert-OH is 1. The zero-order valence-corrected chi connectivity index (χ0v) is 8.73. The first kappa shape index (κ1) is 11.6. The SMILES string of the molecule is COc1cc([C@@H](N)CO)cc(OC)c1O. The van der Waals surface area contributed by atoms with Crippen molar-refractivity contribution >= 4 is 0 Å². The molecule has 0 saturated heterocycles. The summed E-state index contributed by atoms with van der Waals surface area (Å²) in [6.07, 6.45) is 0. The van der Waals surface area contributed by atoms with E-state index in [1.54, 1.807) is 12.1 Å². The Bertz CT molecular complexity index is 315. The molecule has 1 atom stereocenters. The van der Waals surface area contributed by atoms with Crippen molar-refractivity contribution in [2.45, 2.75) is 6.04 Å². The summed E-state index contributed by atoms with van der Waals surface area (Å²) in [5.41, 5.74) is 6.29. The number of aromatic hydroxyl groups is 1. The first-order valence-corrected chi connectivity index (χ1v) is 4.45. The van der Waals surface area contributed by atoms with Crippen LogP contribution in [0.2, 0.25) is 0 Å². The number of nitrogens with two attached hydrogens (primary N) is 1. The van der Waals surface area contributed by atoms with Gasteiger partial charge in [-0.1, -0.05) is 0 Å². The number of aliphatic hydroxyl groups is 1. The van der Waals surface area contributed by atoms with Gasteiger partial charge in [-0.3, -0.25) is 0 Å². The fourth-order valence-electron chi connectivity index (χ4n) is 1.23. The van der Waals surface area contributed by atoms with Crippen molar-refractivity contribution in [2.24, 2.45) is 5.73 Å². The first-order valence-electron chi connectivity index (χ1n) is 4.45. The fraction of sp³-hybridized carbons (Fsp3) is 0.400. The molecule has 84 valence electrons. The molecule has 5 nitrogen and oxygen atoms in total. The van der Waals surface area contributed by atoms with E-state index in [-0.39, 0.29) is 23.9 Å². The minimum absolute atomic E-state index is 0.0751. The maximum absolute atomic E-state index is 9.61. The highest BCUT2D eigenvalue weighted by Gasteiger charge is 2.14. The molecule has 0 aliphatic carbocycles. The lowest BCUT2D eigenvalue weighted by atomic mass is 10.1. The minimum Gasteiger partial charge on any atom is -0.502 e. The van der Waals surface area contributed by atoms with Crippen molar-refractivity contribution in [2.75, 3.05) is 20.8 Å². The number of ether oxygens (including phenoxy) is 2. The quantitative estimate of drug-likeness (QED) is 0.674. The Balaban J connectivity index is 3.20. The van der Waals surface area contributed by atoms with Crippen LogP contribution < -0.4 is 15.2 Å². The topological polar surface area (TPSA) is 84.9 Å². The van der Waals surface area contributed by atoms with Crippen LogP contribution in [-0.4, -0.2) is 31.0 Å². The van der Waals surface area contributed by atoms with E-state index in [0.29, 0.717) is 5.56 Å². The summed E-state index contributed by atoms with van der Waals surface area (Å²) in [5.74, 6) is 0.468. The Kier molecular flexibility index (Phi) is 3.76. The second-order valence-electron chi connectivity index (χ2n) is 3.06. The lowest BCUT2D eigenvalue weighted by Crippen LogP contribution is -2.14. The summed E-state index contributed by atoms with van der Waals surface area (Å²) in [5, 5.41) is 18.5. The predicted octanol–water partition coefficient (Wildman–Crippen LogP) is 0.402. The van der Waals surface area contributed by atoms with Gasteiger partial charge in [0.1, 0.15) is 0 Å². The third-order valence-electron chi connectivity index (χ3n) is 2.13. The number of rotatable bonds is 4. The Morgan fingerprint density at radius 3 is 2.07 bits per heavy atom. The van der Waals surface area contributed by atoms with Gasteiger partial charge in [-0.2, -0.15) is 0 Å². The van der Waals surface area contributed by atoms with Crippen LogP contribution in [0.4, 0.5) is 0 Å². The third-order valence-corrected chi connectivity index (χ3v) is 2.13. The Morgan fingerprint density at radius 2 is 1.73 bits per heavy atom. The molecule has 1 aromatic carbocycles. The average Bonchev–Trinajstić information content (AvgIpc) is 2.28. The van der Waals surface area contributed by atoms with Crippen molar-refractivity contribution in [3.63, 3.8) is 0 Å². The minimum atomic E-state index is -0.520. The number of benzene rings is 1. The van der Waals surface area contributed by atoms with Crippen LogP contribution >= 0.6 is 0 Å². The van der Waals surface area contributed by atoms with Gasteiger partial charge < -0.3 is 25.4 Å². The van der Waals surface area contributed by atoms with Crippen molar-refractivity contribution in [1.29, 1.82) is 0 Å². The van der Waals surface area contributed by atoms with Gasteiger partial charge in [-0.25, -0.2) is 0 Å². The van der Waals surface area contributed by atoms with Gasteiger partial charge in [0, 0.05) is 0 Å². The van der Waals surface area contributed by atoms with Gasteiger partial charge in [-0.05, 0) is 17.7 Å². The van der Waals surface area contributed by atoms with Crippen LogP contribution in [0.15, 0.2) is 12.1 Å². The van der Waals surface area contributed by atoms with Crippen molar-refractivity contribution < 1.29 is 19.7 Å². The van der Waals surface area contributed by atoms with E-state index in [4.69, 9.17) is 20.3 Å². The molecule has 1 aromatic rings. The monoisotopic (exact) mass is 213 g/mol. The number of hydrogen-bond acceptors (Lipinski definition) is 5. The number of phenols is 1. The van der Waals surface area contributed by atoms with Crippen LogP contribution in [0.1, 0.15) is 11.6 Å². The van der Waals surface area contributed by atoms with E-state index in [9.17, 15) is 5.11 Å². The standard InChI is InChI=1S/C10H15NO4/c1-14-8-3-6(7(11)5-12)4-9(15-2)10(8)13/h3-4,7,12-13H,5,11H2,1-2H3/t7-/m0/s1. The fourth-order valence-corrected chi connectivity index (χ4v) is 1.23. The van der Waals surface area contributed by atoms with Crippen LogP contribution in [0.25, 0.3) is 0 Å². The lowest BCUT2D eigenvalue weighted by Gasteiger charge is -2.14. The molecule has 0 unspecified atom stereocenters. The molecule has 0 aromatic heterocycles. The molecule has 15 heavy (non-hydrogen) atoms. The summed E-state index contributed by atoms with van der Waals surface area (Å²) in [6, 6.07) is 2.62. The lowest BCUT2D eigenvalue weighted by molar-refractivity contribution is 0.266. The van der Waals surface area contributed by atoms with E-state index < -0.39 is 6.04 Å². The number of methoxy groups -OCH3 is 2. The van der Waals surface area contributed by atoms with Gasteiger partial charge in [0.25, 0.3) is 0 Å². The summed E-state index contributed by atoms with van der Waals surface area (Å²) < 4.78 is 9.91. The van der Waals surface area contributed by atoms with Crippen LogP contribution in [0.5, 0.6) is 17.2 Å². The molecule has 0 radical (unpaired) electrons. The predicted molar refractivity (Wildman–Crippen MR) is 55.2 cm³/mol. The highest BCUT2D eigenvalue weighted by Crippen LogP contribution is 2.38. The molecule has 5 heteroatoms. The van der Waals surface area contributed by atoms with E-state index in [2.05, 4.69) is 0 Å². The first-order chi connectivity index (χ1) is 7.13. The van der Waals surface area contributed by atoms with E-state index in [1.165, 1.54) is 14.2 Å². The van der Waals surface area contributed by atoms with Gasteiger partial charge in [0.05, 0.1) is 26.9 Å². The number of hydrogen-bond donors (Lipinski definition) is 3. The molecule has 0 aliphatic rings. The van der Waals surface area contributed by atoms with E-state index in [0.717, 1.165) is 0 Å². The average molecular weight is 213 g/mol. The normalized spacial score (nSPS) is 12.3. The second kappa shape index (κ2) is 4.86. The third kappa shape index (κ3) is 2.31. The number of phenolic OH excluding ortho intramolecular Hbond substituents is 1. The largest absolute Gasteiger partial charge is 0.502 e. The van der Waals surface area contributed by atoms with Gasteiger partial charge in [-0.15, -0.1) is 0 Å². The van der Waals surface area contributed by atoms with Gasteiger partial charge >= 0.3 is 0 Å². The van der Waals surface area contributed by atoms with Crippen LogP contribution in [-0.2, 0) is 0 Å². The molecule has 0 heterocycles. The van der Waals surface area contributed by atoms with Crippen molar-refractivity contribution in [3.8, 4) is 17.2 Å². The molecule has 0 fully saturated rings. The summed E-state index contributed by atoms with van der Waals surface area (Å²) in [7, 11) is 2.87. The Hall–Kier alpha value is -1.46. The Labute approximate surface area is 88.0 Å². The second-order valence-corrected chi connectivity index (χ2v) is 3.06. The van der Waals surface area contributed by atoms with Gasteiger partial charge in [0.2, 0.25) is 5.75 Å². The smallest absolute Gasteiger partial charge is 0.200 e. The van der Waals surface area contributed by atoms with Crippen molar-refractivity contribution in [1.82, 2.24) is 0 Å². The molecule has 0 bridgehead atoms. The summed E-state index contributed by atoms with van der Waals surface area (Å²) >= 11 is 0. The zero-order valence-electron chi connectivity index (χ0n) is 8.73. The highest BCUT2D eigenvalue weighted by atomic mass is 16.5. The maximum Gasteiger partial charge on any atom is 0.200 e. The van der Waals surface area contributed by atoms with Crippen molar-refractivity contribution in [3.05, 3.63) is 17.7 Å². The molecular weight excluding hydrogens is 198 g/mol. The van der Waals surface area contributed by atoms with Gasteiger partial charge in [0.15, 0.2) is 11.5 Å². The maximum atomic E-state index is 9.61. The Morgan fingerprint density at radius 1 is 1.27 bits per heavy atom. The summed E-state index contributed by atoms with van der Waals surface area (Å²) in [6.45, 7) is -0.183. The molecule has 0 amide bonds. The van der Waals surface area contributed by atoms with Crippen LogP contribution in [0, 0.1) is 0 Å². The molecule has 4 N–H and O–H groups in total.